The number of aliphatic hydroxyl groups excluding tert-OH is 1. The number of anilines is 4. The van der Waals surface area contributed by atoms with E-state index in [0.717, 1.165) is 63.4 Å². The van der Waals surface area contributed by atoms with Gasteiger partial charge in [-0.1, -0.05) is 12.1 Å². The van der Waals surface area contributed by atoms with Crippen LogP contribution >= 0.6 is 24.1 Å². The first-order valence-electron chi connectivity index (χ1n) is 11.6. The van der Waals surface area contributed by atoms with Gasteiger partial charge < -0.3 is 35.7 Å². The Bertz CT molecular complexity index is 1340. The minimum absolute atomic E-state index is 0. The van der Waals surface area contributed by atoms with E-state index in [-0.39, 0.29) is 65.7 Å². The molecule has 0 spiro atoms. The minimum atomic E-state index is -0.00764. The normalized spacial score (nSPS) is 10.5. The summed E-state index contributed by atoms with van der Waals surface area (Å²) in [6.07, 6.45) is 0. The maximum Gasteiger partial charge on any atom is 1.00 e. The average Bonchev–Trinajstić information content (AvgIpc) is 2.95. The molecule has 4 aromatic carbocycles. The molecule has 0 unspecified atom stereocenters. The average molecular weight is 619 g/mol. The molecule has 206 valence electrons. The van der Waals surface area contributed by atoms with Crippen LogP contribution in [-0.2, 0) is 23.5 Å². The Labute approximate surface area is 289 Å². The second-order valence-electron chi connectivity index (χ2n) is 7.84. The molecule has 0 aliphatic heterocycles. The van der Waals surface area contributed by atoms with Gasteiger partial charge in [0.1, 0.15) is 12.4 Å². The van der Waals surface area contributed by atoms with Crippen LogP contribution < -0.4 is 85.0 Å². The van der Waals surface area contributed by atoms with Crippen LogP contribution in [0.15, 0.2) is 88.7 Å². The molecule has 0 aliphatic carbocycles. The van der Waals surface area contributed by atoms with Gasteiger partial charge in [0.25, 0.3) is 0 Å². The van der Waals surface area contributed by atoms with Crippen molar-refractivity contribution in [1.29, 1.82) is 0 Å². The monoisotopic (exact) mass is 618 g/mol. The second-order valence-corrected chi connectivity index (χ2v) is 9.35. The van der Waals surface area contributed by atoms with Gasteiger partial charge in [-0.15, -0.1) is 0 Å². The van der Waals surface area contributed by atoms with E-state index in [0.29, 0.717) is 29.6 Å². The summed E-state index contributed by atoms with van der Waals surface area (Å²) in [7, 11) is 0. The molecule has 0 atom stereocenters. The van der Waals surface area contributed by atoms with Crippen LogP contribution in [0.5, 0.6) is 5.75 Å². The smallest absolute Gasteiger partial charge is 0.691 e. The summed E-state index contributed by atoms with van der Waals surface area (Å²) in [5.74, 6) is 0.724. The molecule has 0 saturated carbocycles. The van der Waals surface area contributed by atoms with Crippen LogP contribution in [-0.4, -0.2) is 31.5 Å². The van der Waals surface area contributed by atoms with Crippen molar-refractivity contribution in [2.75, 3.05) is 37.1 Å². The van der Waals surface area contributed by atoms with Crippen molar-refractivity contribution >= 4 is 57.6 Å². The summed E-state index contributed by atoms with van der Waals surface area (Å²) in [6, 6.07) is 24.5. The van der Waals surface area contributed by atoms with E-state index in [1.54, 1.807) is 12.1 Å². The van der Waals surface area contributed by atoms with E-state index in [1.165, 1.54) is 0 Å². The number of hydrogen-bond acceptors (Lipinski definition) is 13. The molecular formula is C26H24N2Na2O9S2. The third-order valence-corrected chi connectivity index (χ3v) is 6.42. The largest absolute Gasteiger partial charge is 1.00 e. The summed E-state index contributed by atoms with van der Waals surface area (Å²) in [4.78, 5) is 1.15. The maximum absolute atomic E-state index is 10.3. The van der Waals surface area contributed by atoms with Crippen molar-refractivity contribution < 1.29 is 103 Å². The summed E-state index contributed by atoms with van der Waals surface area (Å²) in [6.45, 7) is 1.10. The van der Waals surface area contributed by atoms with Crippen molar-refractivity contribution in [2.24, 2.45) is 0 Å². The summed E-state index contributed by atoms with van der Waals surface area (Å²) < 4.78 is 19.7. The number of hydrogen-bond donors (Lipinski definition) is 3. The first-order valence-corrected chi connectivity index (χ1v) is 13.1. The molecule has 0 fully saturated rings. The molecule has 15 heteroatoms. The Morgan fingerprint density at radius 2 is 1.34 bits per heavy atom. The Hall–Kier alpha value is -1.08. The van der Waals surface area contributed by atoms with E-state index in [2.05, 4.69) is 29.4 Å². The quantitative estimate of drug-likeness (QED) is 0.0427. The number of aliphatic hydroxyl groups is 1. The van der Waals surface area contributed by atoms with Gasteiger partial charge in [-0.05, 0) is 77.5 Å². The van der Waals surface area contributed by atoms with E-state index in [4.69, 9.17) is 14.6 Å². The molecule has 0 aromatic heterocycles. The summed E-state index contributed by atoms with van der Waals surface area (Å²) in [5, 5.41) is 44.5. The fraction of sp³-hybridized carbons (Fsp3) is 0.154. The van der Waals surface area contributed by atoms with Crippen LogP contribution in [0.4, 0.5) is 22.7 Å². The maximum atomic E-state index is 10.3. The zero-order valence-electron chi connectivity index (χ0n) is 22.4. The molecule has 0 heterocycles. The van der Waals surface area contributed by atoms with Gasteiger partial charge in [-0.2, -0.15) is 8.67 Å². The van der Waals surface area contributed by atoms with Gasteiger partial charge in [-0.25, -0.2) is 0 Å². The topological polar surface area (TPSA) is 146 Å². The molecule has 0 aliphatic rings. The Kier molecular flexibility index (Phi) is 17.6. The predicted octanol–water partition coefficient (Wildman–Crippen LogP) is -1.82. The van der Waals surface area contributed by atoms with Crippen LogP contribution in [0.3, 0.4) is 0 Å². The molecule has 4 rings (SSSR count). The molecule has 3 N–H and O–H groups in total. The van der Waals surface area contributed by atoms with E-state index in [1.807, 2.05) is 66.7 Å². The Morgan fingerprint density at radius 3 is 2.05 bits per heavy atom. The zero-order chi connectivity index (χ0) is 27.3. The van der Waals surface area contributed by atoms with E-state index < -0.39 is 0 Å². The van der Waals surface area contributed by atoms with Crippen LogP contribution in [0.2, 0.25) is 0 Å². The molecule has 0 saturated heterocycles. The van der Waals surface area contributed by atoms with Crippen LogP contribution in [0.1, 0.15) is 0 Å². The number of benzene rings is 4. The van der Waals surface area contributed by atoms with Gasteiger partial charge in [0, 0.05) is 32.5 Å². The summed E-state index contributed by atoms with van der Waals surface area (Å²) in [5.41, 5.74) is 3.44. The van der Waals surface area contributed by atoms with Gasteiger partial charge in [-0.3, -0.25) is 10.1 Å². The Morgan fingerprint density at radius 1 is 0.683 bits per heavy atom. The third-order valence-electron chi connectivity index (χ3n) is 5.22. The molecule has 0 bridgehead atoms. The number of nitrogens with one attached hydrogen (secondary N) is 2. The molecule has 0 amide bonds. The van der Waals surface area contributed by atoms with Crippen molar-refractivity contribution in [3.63, 3.8) is 0 Å². The third kappa shape index (κ3) is 11.8. The van der Waals surface area contributed by atoms with Gasteiger partial charge >= 0.3 is 59.1 Å². The standard InChI is InChI=1S/C26H26N2O9S2.2Na/c29-10-11-32-12-13-33-23-7-4-19(5-8-23)27-20-2-1-3-21(16-20)28-22-6-9-25-18(14-22)15-24(38-36-34-30)17-26(25)39-37-35-31;;/h1-9,14-17,27-31H,10-13H2;;/q;2*+1/p-2. The molecule has 41 heavy (non-hydrogen) atoms. The number of rotatable bonds is 16. The van der Waals surface area contributed by atoms with Gasteiger partial charge in [0.2, 0.25) is 0 Å². The van der Waals surface area contributed by atoms with Crippen molar-refractivity contribution in [3.05, 3.63) is 78.9 Å². The van der Waals surface area contributed by atoms with Gasteiger partial charge in [0.15, 0.2) is 0 Å². The first-order chi connectivity index (χ1) is 19.2. The molecule has 4 aromatic rings. The van der Waals surface area contributed by atoms with E-state index >= 15 is 0 Å². The zero-order valence-corrected chi connectivity index (χ0v) is 28.0. The van der Waals surface area contributed by atoms with Crippen molar-refractivity contribution in [2.45, 2.75) is 9.79 Å². The fourth-order valence-electron chi connectivity index (χ4n) is 3.63. The van der Waals surface area contributed by atoms with Crippen molar-refractivity contribution in [3.8, 4) is 5.75 Å². The number of fused-ring (bicyclic) bond motifs is 1. The SMILES string of the molecule is [Na+].[Na+].[O-]OOSc1cc(SOO[O-])c2ccc(Nc3cccc(Nc4ccc(OCCOCCO)cc4)c3)cc2c1. The molecule has 11 nitrogen and oxygen atoms in total. The predicted molar refractivity (Wildman–Crippen MR) is 143 cm³/mol. The second kappa shape index (κ2) is 20.0. The van der Waals surface area contributed by atoms with Crippen LogP contribution in [0.25, 0.3) is 10.8 Å². The van der Waals surface area contributed by atoms with E-state index in [9.17, 15) is 10.5 Å². The van der Waals surface area contributed by atoms with Crippen LogP contribution in [0, 0.1) is 0 Å². The van der Waals surface area contributed by atoms with Gasteiger partial charge in [0.05, 0.1) is 43.9 Å². The van der Waals surface area contributed by atoms with Crippen molar-refractivity contribution in [1.82, 2.24) is 0 Å². The number of ether oxygens (including phenoxy) is 2. The minimum Gasteiger partial charge on any atom is -0.691 e. The molecule has 0 radical (unpaired) electrons. The summed E-state index contributed by atoms with van der Waals surface area (Å²) >= 11 is 1.47. The Balaban J connectivity index is 0.00000294. The molecular weight excluding hydrogens is 594 g/mol. The first kappa shape index (κ1) is 36.1. The fourth-order valence-corrected chi connectivity index (χ4v) is 4.71.